The summed E-state index contributed by atoms with van der Waals surface area (Å²) in [6.07, 6.45) is 2.79. The van der Waals surface area contributed by atoms with E-state index >= 15 is 0 Å². The number of aliphatic imine (C=N–C) groups is 1. The summed E-state index contributed by atoms with van der Waals surface area (Å²) in [6, 6.07) is 14.7. The third-order valence-corrected chi connectivity index (χ3v) is 5.12. The van der Waals surface area contributed by atoms with Crippen LogP contribution in [0, 0.1) is 0 Å². The molecular weight excluding hydrogens is 284 g/mol. The number of hydrogen-bond acceptors (Lipinski definition) is 2. The maximum atomic E-state index is 12.6. The fourth-order valence-corrected chi connectivity index (χ4v) is 3.73. The first-order valence-electron chi connectivity index (χ1n) is 8.14. The Morgan fingerprint density at radius 3 is 2.96 bits per heavy atom. The fraction of sp³-hybridized carbons (Fsp3) is 0.300. The molecule has 0 radical (unpaired) electrons. The Balaban J connectivity index is 1.60. The van der Waals surface area contributed by atoms with Gasteiger partial charge in [-0.05, 0) is 40.7 Å². The fourth-order valence-electron chi connectivity index (χ4n) is 3.73. The van der Waals surface area contributed by atoms with Crippen molar-refractivity contribution in [3.8, 4) is 0 Å². The van der Waals surface area contributed by atoms with Crippen molar-refractivity contribution in [1.29, 1.82) is 0 Å². The zero-order valence-electron chi connectivity index (χ0n) is 13.5. The number of amides is 1. The van der Waals surface area contributed by atoms with Gasteiger partial charge in [0.05, 0.1) is 12.5 Å². The van der Waals surface area contributed by atoms with Crippen molar-refractivity contribution in [2.75, 3.05) is 11.9 Å². The van der Waals surface area contributed by atoms with E-state index in [9.17, 15) is 4.79 Å². The second kappa shape index (κ2) is 5.34. The molecule has 116 valence electrons. The summed E-state index contributed by atoms with van der Waals surface area (Å²) in [5.41, 5.74) is 6.04. The van der Waals surface area contributed by atoms with E-state index in [0.717, 1.165) is 24.2 Å². The first-order chi connectivity index (χ1) is 11.1. The summed E-state index contributed by atoms with van der Waals surface area (Å²) < 4.78 is 0. The lowest BCUT2D eigenvalue weighted by Gasteiger charge is -2.17. The molecule has 2 heterocycles. The molecule has 0 bridgehead atoms. The molecule has 3 heteroatoms. The van der Waals surface area contributed by atoms with Gasteiger partial charge in [-0.25, -0.2) is 0 Å². The molecule has 0 aromatic heterocycles. The molecule has 2 aromatic carbocycles. The van der Waals surface area contributed by atoms with Crippen LogP contribution in [0.3, 0.4) is 0 Å². The molecule has 0 aliphatic carbocycles. The lowest BCUT2D eigenvalue weighted by atomic mass is 9.86. The molecule has 0 saturated carbocycles. The standard InChI is InChI=1S/C20H20N2O/c1-13(14-7-8-15-11-21-12-16(15)10-14)9-18-17-5-3-4-6-19(17)22(2)20(18)23/h3-8,10-11,13,18H,9,12H2,1-2H3. The highest BCUT2D eigenvalue weighted by Crippen LogP contribution is 2.41. The Kier molecular flexibility index (Phi) is 3.29. The summed E-state index contributed by atoms with van der Waals surface area (Å²) in [5, 5.41) is 0. The Bertz CT molecular complexity index is 809. The number of anilines is 1. The Labute approximate surface area is 136 Å². The van der Waals surface area contributed by atoms with Crippen molar-refractivity contribution in [2.24, 2.45) is 4.99 Å². The maximum absolute atomic E-state index is 12.6. The first kappa shape index (κ1) is 14.2. The number of fused-ring (bicyclic) bond motifs is 2. The van der Waals surface area contributed by atoms with Crippen molar-refractivity contribution < 1.29 is 4.79 Å². The van der Waals surface area contributed by atoms with E-state index < -0.39 is 0 Å². The van der Waals surface area contributed by atoms with Crippen molar-refractivity contribution in [3.05, 3.63) is 64.7 Å². The quantitative estimate of drug-likeness (QED) is 0.847. The van der Waals surface area contributed by atoms with E-state index in [0.29, 0.717) is 5.92 Å². The molecule has 0 spiro atoms. The van der Waals surface area contributed by atoms with Crippen LogP contribution in [0.2, 0.25) is 0 Å². The van der Waals surface area contributed by atoms with Crippen molar-refractivity contribution in [2.45, 2.75) is 31.7 Å². The molecule has 1 amide bonds. The first-order valence-corrected chi connectivity index (χ1v) is 8.14. The van der Waals surface area contributed by atoms with Crippen LogP contribution in [-0.2, 0) is 11.3 Å². The van der Waals surface area contributed by atoms with Crippen molar-refractivity contribution in [1.82, 2.24) is 0 Å². The molecule has 23 heavy (non-hydrogen) atoms. The highest BCUT2D eigenvalue weighted by molar-refractivity contribution is 6.04. The molecule has 2 aliphatic rings. The van der Waals surface area contributed by atoms with Crippen LogP contribution < -0.4 is 4.90 Å². The number of likely N-dealkylation sites (N-methyl/N-ethyl adjacent to an activating group) is 1. The van der Waals surface area contributed by atoms with E-state index in [1.807, 2.05) is 31.5 Å². The second-order valence-corrected chi connectivity index (χ2v) is 6.57. The lowest BCUT2D eigenvalue weighted by molar-refractivity contribution is -0.119. The number of hydrogen-bond donors (Lipinski definition) is 0. The van der Waals surface area contributed by atoms with Crippen LogP contribution in [0.5, 0.6) is 0 Å². The van der Waals surface area contributed by atoms with E-state index in [1.165, 1.54) is 16.7 Å². The average molecular weight is 304 g/mol. The van der Waals surface area contributed by atoms with Crippen molar-refractivity contribution in [3.63, 3.8) is 0 Å². The average Bonchev–Trinajstić information content (AvgIpc) is 3.13. The summed E-state index contributed by atoms with van der Waals surface area (Å²) in [7, 11) is 1.87. The third kappa shape index (κ3) is 2.27. The summed E-state index contributed by atoms with van der Waals surface area (Å²) in [5.74, 6) is 0.521. The van der Waals surface area contributed by atoms with Crippen LogP contribution in [0.25, 0.3) is 0 Å². The minimum Gasteiger partial charge on any atom is -0.315 e. The number of rotatable bonds is 3. The van der Waals surface area contributed by atoms with Gasteiger partial charge in [-0.2, -0.15) is 0 Å². The Morgan fingerprint density at radius 1 is 1.26 bits per heavy atom. The highest BCUT2D eigenvalue weighted by Gasteiger charge is 2.35. The minimum absolute atomic E-state index is 0.0318. The normalized spacial score (nSPS) is 19.8. The van der Waals surface area contributed by atoms with Gasteiger partial charge >= 0.3 is 0 Å². The van der Waals surface area contributed by atoms with Gasteiger partial charge in [0.25, 0.3) is 0 Å². The Morgan fingerprint density at radius 2 is 2.09 bits per heavy atom. The molecule has 4 rings (SSSR count). The van der Waals surface area contributed by atoms with Gasteiger partial charge in [0, 0.05) is 18.9 Å². The van der Waals surface area contributed by atoms with Crippen LogP contribution >= 0.6 is 0 Å². The monoisotopic (exact) mass is 304 g/mol. The third-order valence-electron chi connectivity index (χ3n) is 5.12. The van der Waals surface area contributed by atoms with E-state index in [1.54, 1.807) is 4.90 Å². The predicted molar refractivity (Wildman–Crippen MR) is 93.4 cm³/mol. The van der Waals surface area contributed by atoms with E-state index in [-0.39, 0.29) is 11.8 Å². The van der Waals surface area contributed by atoms with Crippen LogP contribution in [0.1, 0.15) is 47.4 Å². The van der Waals surface area contributed by atoms with Crippen LogP contribution in [0.4, 0.5) is 5.69 Å². The number of carbonyl (C=O) groups is 1. The second-order valence-electron chi connectivity index (χ2n) is 6.57. The van der Waals surface area contributed by atoms with Crippen molar-refractivity contribution >= 4 is 17.8 Å². The van der Waals surface area contributed by atoms with Gasteiger partial charge in [0.2, 0.25) is 5.91 Å². The van der Waals surface area contributed by atoms with Gasteiger partial charge in [-0.15, -0.1) is 0 Å². The van der Waals surface area contributed by atoms with Gasteiger partial charge in [-0.3, -0.25) is 9.79 Å². The van der Waals surface area contributed by atoms with Gasteiger partial charge in [-0.1, -0.05) is 43.3 Å². The highest BCUT2D eigenvalue weighted by atomic mass is 16.2. The number of para-hydroxylation sites is 1. The van der Waals surface area contributed by atoms with Gasteiger partial charge < -0.3 is 4.90 Å². The molecule has 2 aliphatic heterocycles. The maximum Gasteiger partial charge on any atom is 0.234 e. The van der Waals surface area contributed by atoms with E-state index in [4.69, 9.17) is 0 Å². The topological polar surface area (TPSA) is 32.7 Å². The number of benzene rings is 2. The smallest absolute Gasteiger partial charge is 0.234 e. The van der Waals surface area contributed by atoms with Crippen LogP contribution in [-0.4, -0.2) is 19.2 Å². The molecule has 0 fully saturated rings. The molecule has 2 atom stereocenters. The summed E-state index contributed by atoms with van der Waals surface area (Å²) in [4.78, 5) is 18.7. The molecule has 2 unspecified atom stereocenters. The van der Waals surface area contributed by atoms with Crippen LogP contribution in [0.15, 0.2) is 47.5 Å². The summed E-state index contributed by atoms with van der Waals surface area (Å²) in [6.45, 7) is 3.00. The minimum atomic E-state index is -0.0318. The zero-order chi connectivity index (χ0) is 16.0. The van der Waals surface area contributed by atoms with Gasteiger partial charge in [0.15, 0.2) is 0 Å². The molecule has 2 aromatic rings. The SMILES string of the molecule is CC(CC1C(=O)N(C)c2ccccc21)c1ccc2c(c1)CN=C2. The zero-order valence-corrected chi connectivity index (χ0v) is 13.5. The number of nitrogens with zero attached hydrogens (tertiary/aromatic N) is 2. The summed E-state index contributed by atoms with van der Waals surface area (Å²) >= 11 is 0. The molecule has 0 N–H and O–H groups in total. The number of carbonyl (C=O) groups excluding carboxylic acids is 1. The molecule has 3 nitrogen and oxygen atoms in total. The van der Waals surface area contributed by atoms with E-state index in [2.05, 4.69) is 36.2 Å². The van der Waals surface area contributed by atoms with Gasteiger partial charge in [0.1, 0.15) is 0 Å². The lowest BCUT2D eigenvalue weighted by Crippen LogP contribution is -2.24. The Hall–Kier alpha value is -2.42. The predicted octanol–water partition coefficient (Wildman–Crippen LogP) is 3.87. The molecule has 0 saturated heterocycles. The molecular formula is C20H20N2O. The largest absolute Gasteiger partial charge is 0.315 e.